The molecule has 1 aliphatic carbocycles. The average molecular weight is 93.0 g/mol. The minimum absolute atomic E-state index is 1.08. The molecule has 2 rings (SSSR count). The van der Waals surface area contributed by atoms with E-state index in [-0.39, 0.29) is 0 Å². The summed E-state index contributed by atoms with van der Waals surface area (Å²) in [6.45, 7) is 0. The summed E-state index contributed by atoms with van der Waals surface area (Å²) >= 11 is 0. The monoisotopic (exact) mass is 93.1 g/mol. The Bertz CT molecular complexity index is 70.2. The van der Waals surface area contributed by atoms with Crippen molar-refractivity contribution in [2.75, 3.05) is 0 Å². The molecule has 0 aromatic rings. The first-order valence-corrected chi connectivity index (χ1v) is 3.32. The van der Waals surface area contributed by atoms with E-state index in [9.17, 15) is 0 Å². The molecule has 2 unspecified atom stereocenters. The van der Waals surface area contributed by atoms with Crippen LogP contribution in [0.4, 0.5) is 0 Å². The van der Waals surface area contributed by atoms with E-state index in [1.54, 1.807) is 0 Å². The van der Waals surface area contributed by atoms with Gasteiger partial charge in [-0.15, -0.1) is 0 Å². The van der Waals surface area contributed by atoms with Crippen LogP contribution in [-0.2, 0) is 0 Å². The number of rotatable bonds is 0. The van der Waals surface area contributed by atoms with Crippen LogP contribution in [0.25, 0.3) is 0 Å². The van der Waals surface area contributed by atoms with Crippen LogP contribution in [-0.4, -0.2) is 7.28 Å². The second-order valence-corrected chi connectivity index (χ2v) is 2.80. The predicted octanol–water partition coefficient (Wildman–Crippen LogP) is 1.86. The Kier molecular flexibility index (Phi) is 0.725. The molecular weight excluding hydrogens is 82.9 g/mol. The molecule has 0 nitrogen and oxygen atoms in total. The van der Waals surface area contributed by atoms with Crippen LogP contribution < -0.4 is 0 Å². The van der Waals surface area contributed by atoms with Crippen molar-refractivity contribution in [1.29, 1.82) is 0 Å². The first-order chi connectivity index (χ1) is 3.47. The van der Waals surface area contributed by atoms with E-state index >= 15 is 0 Å². The van der Waals surface area contributed by atoms with E-state index in [0.717, 1.165) is 11.6 Å². The van der Waals surface area contributed by atoms with Gasteiger partial charge in [-0.25, -0.2) is 0 Å². The van der Waals surface area contributed by atoms with E-state index in [1.165, 1.54) is 25.7 Å². The summed E-state index contributed by atoms with van der Waals surface area (Å²) in [5, 5.41) is 0. The summed E-state index contributed by atoms with van der Waals surface area (Å²) in [7, 11) is 2.51. The average Bonchev–Trinajstić information content (AvgIpc) is 2.41. The van der Waals surface area contributed by atoms with Crippen LogP contribution in [0, 0.1) is 0 Å². The van der Waals surface area contributed by atoms with Crippen LogP contribution in [0.1, 0.15) is 25.7 Å². The van der Waals surface area contributed by atoms with Crippen molar-refractivity contribution in [2.24, 2.45) is 0 Å². The molecule has 1 aliphatic heterocycles. The second-order valence-electron chi connectivity index (χ2n) is 2.80. The molecule has 7 heavy (non-hydrogen) atoms. The van der Waals surface area contributed by atoms with Crippen LogP contribution in [0.2, 0.25) is 11.6 Å². The molecule has 2 atom stereocenters. The first-order valence-electron chi connectivity index (χ1n) is 3.32. The van der Waals surface area contributed by atoms with Gasteiger partial charge in [-0.1, -0.05) is 37.3 Å². The van der Waals surface area contributed by atoms with Gasteiger partial charge in [0.05, 0.1) is 0 Å². The minimum Gasteiger partial charge on any atom is -0.0727 e. The Balaban J connectivity index is 1.95. The van der Waals surface area contributed by atoms with Gasteiger partial charge < -0.3 is 0 Å². The fourth-order valence-electron chi connectivity index (χ4n) is 1.63. The van der Waals surface area contributed by atoms with Gasteiger partial charge in [-0.3, -0.25) is 0 Å². The topological polar surface area (TPSA) is 0 Å². The lowest BCUT2D eigenvalue weighted by Crippen LogP contribution is -1.83. The summed E-state index contributed by atoms with van der Waals surface area (Å²) in [5.74, 6) is 2.16. The third-order valence-corrected chi connectivity index (χ3v) is 2.23. The van der Waals surface area contributed by atoms with E-state index in [1.807, 2.05) is 0 Å². The molecule has 0 aromatic carbocycles. The number of fused-ring (bicyclic) bond motifs is 1. The highest BCUT2D eigenvalue weighted by atomic mass is 14.3. The SMILES string of the molecule is [B]1C2CCCCC12. The van der Waals surface area contributed by atoms with Crippen molar-refractivity contribution >= 4 is 7.28 Å². The normalized spacial score (nSPS) is 46.9. The zero-order valence-corrected chi connectivity index (χ0v) is 4.56. The molecule has 0 spiro atoms. The van der Waals surface area contributed by atoms with Gasteiger partial charge in [0.2, 0.25) is 0 Å². The lowest BCUT2D eigenvalue weighted by molar-refractivity contribution is 0.561. The molecular formula is C6H10B. The van der Waals surface area contributed by atoms with Crippen molar-refractivity contribution in [3.05, 3.63) is 0 Å². The quantitative estimate of drug-likeness (QED) is 0.401. The fraction of sp³-hybridized carbons (Fsp3) is 1.00. The molecule has 0 bridgehead atoms. The van der Waals surface area contributed by atoms with Gasteiger partial charge in [0, 0.05) is 0 Å². The maximum atomic E-state index is 2.51. The van der Waals surface area contributed by atoms with Gasteiger partial charge in [0.15, 0.2) is 0 Å². The highest BCUT2D eigenvalue weighted by molar-refractivity contribution is 6.53. The van der Waals surface area contributed by atoms with E-state index in [0.29, 0.717) is 0 Å². The van der Waals surface area contributed by atoms with Crippen molar-refractivity contribution in [3.8, 4) is 0 Å². The molecule has 0 N–H and O–H groups in total. The van der Waals surface area contributed by atoms with E-state index < -0.39 is 0 Å². The van der Waals surface area contributed by atoms with Gasteiger partial charge in [0.1, 0.15) is 7.28 Å². The zero-order valence-electron chi connectivity index (χ0n) is 4.56. The van der Waals surface area contributed by atoms with Gasteiger partial charge in [-0.05, 0) is 0 Å². The fourth-order valence-corrected chi connectivity index (χ4v) is 1.63. The standard InChI is InChI=1S/C6H10B/c1-2-4-6-5(3-1)7-6/h5-6H,1-4H2. The minimum atomic E-state index is 1.08. The summed E-state index contributed by atoms with van der Waals surface area (Å²) in [6, 6.07) is 0. The zero-order chi connectivity index (χ0) is 4.69. The van der Waals surface area contributed by atoms with Crippen LogP contribution >= 0.6 is 0 Å². The third-order valence-electron chi connectivity index (χ3n) is 2.23. The summed E-state index contributed by atoms with van der Waals surface area (Å²) in [6.07, 6.45) is 6.00. The Labute approximate surface area is 45.5 Å². The van der Waals surface area contributed by atoms with Gasteiger partial charge in [0.25, 0.3) is 0 Å². The van der Waals surface area contributed by atoms with Crippen molar-refractivity contribution in [2.45, 2.75) is 37.3 Å². The lowest BCUT2D eigenvalue weighted by Gasteiger charge is -2.06. The first kappa shape index (κ1) is 4.00. The predicted molar refractivity (Wildman–Crippen MR) is 31.7 cm³/mol. The van der Waals surface area contributed by atoms with Gasteiger partial charge >= 0.3 is 0 Å². The van der Waals surface area contributed by atoms with Crippen molar-refractivity contribution < 1.29 is 0 Å². The van der Waals surface area contributed by atoms with Crippen LogP contribution in [0.5, 0.6) is 0 Å². The Morgan fingerprint density at radius 2 is 1.57 bits per heavy atom. The second kappa shape index (κ2) is 1.27. The molecule has 1 radical (unpaired) electrons. The molecule has 1 heterocycles. The molecule has 37 valence electrons. The molecule has 2 fully saturated rings. The van der Waals surface area contributed by atoms with Gasteiger partial charge in [-0.2, -0.15) is 0 Å². The van der Waals surface area contributed by atoms with E-state index in [4.69, 9.17) is 0 Å². The number of hydrogen-bond acceptors (Lipinski definition) is 0. The molecule has 0 aromatic heterocycles. The lowest BCUT2D eigenvalue weighted by atomic mass is 9.99. The molecule has 1 saturated heterocycles. The largest absolute Gasteiger partial charge is 0.116 e. The molecule has 2 aliphatic rings. The Morgan fingerprint density at radius 1 is 1.00 bits per heavy atom. The van der Waals surface area contributed by atoms with Crippen LogP contribution in [0.3, 0.4) is 0 Å². The van der Waals surface area contributed by atoms with E-state index in [2.05, 4.69) is 7.28 Å². The molecule has 1 saturated carbocycles. The highest BCUT2D eigenvalue weighted by Crippen LogP contribution is 2.52. The Morgan fingerprint density at radius 3 is 2.00 bits per heavy atom. The third kappa shape index (κ3) is 0.587. The maximum absolute atomic E-state index is 2.51. The Hall–Kier alpha value is 0.0649. The van der Waals surface area contributed by atoms with Crippen LogP contribution in [0.15, 0.2) is 0 Å². The van der Waals surface area contributed by atoms with Crippen molar-refractivity contribution in [3.63, 3.8) is 0 Å². The summed E-state index contributed by atoms with van der Waals surface area (Å²) in [4.78, 5) is 0. The highest BCUT2D eigenvalue weighted by Gasteiger charge is 2.39. The molecule has 1 heteroatoms. The molecule has 0 amide bonds. The smallest absolute Gasteiger partial charge is 0.0727 e. The van der Waals surface area contributed by atoms with Crippen molar-refractivity contribution in [1.82, 2.24) is 0 Å². The maximum Gasteiger partial charge on any atom is 0.116 e. The summed E-state index contributed by atoms with van der Waals surface area (Å²) in [5.41, 5.74) is 0. The summed E-state index contributed by atoms with van der Waals surface area (Å²) < 4.78 is 0. The number of hydrogen-bond donors (Lipinski definition) is 0.